The van der Waals surface area contributed by atoms with Crippen LogP contribution in [0, 0.1) is 0 Å². The van der Waals surface area contributed by atoms with E-state index in [0.29, 0.717) is 0 Å². The van der Waals surface area contributed by atoms with Crippen molar-refractivity contribution >= 4 is 28.3 Å². The fraction of sp³-hybridized carbons (Fsp3) is 0. The monoisotopic (exact) mass is 386 g/mol. The average molecular weight is 386 g/mol. The molecule has 0 spiro atoms. The highest BCUT2D eigenvalue weighted by molar-refractivity contribution is 5.91. The second kappa shape index (κ2) is 7.76. The van der Waals surface area contributed by atoms with Crippen LogP contribution in [0.3, 0.4) is 0 Å². The van der Waals surface area contributed by atoms with Gasteiger partial charge in [-0.2, -0.15) is 0 Å². The Bertz CT molecular complexity index is 1250. The van der Waals surface area contributed by atoms with Gasteiger partial charge in [-0.05, 0) is 53.6 Å². The molecule has 0 saturated heterocycles. The van der Waals surface area contributed by atoms with Crippen LogP contribution in [0.1, 0.15) is 11.1 Å². The van der Waals surface area contributed by atoms with Crippen molar-refractivity contribution in [3.05, 3.63) is 139 Å². The standard InChI is InChI=1S/C28H22N2/c1-22(23-13-5-2-6-14-23)26-21-28(29-20-12-11-19-27(26)29)30(24-15-7-3-8-16-24)25-17-9-4-10-18-25/h2-21H,1H2. The Morgan fingerprint density at radius 2 is 1.17 bits per heavy atom. The zero-order chi connectivity index (χ0) is 20.3. The van der Waals surface area contributed by atoms with Gasteiger partial charge in [-0.25, -0.2) is 0 Å². The van der Waals surface area contributed by atoms with Crippen molar-refractivity contribution in [2.75, 3.05) is 4.90 Å². The predicted molar refractivity (Wildman–Crippen MR) is 127 cm³/mol. The molecule has 0 aliphatic carbocycles. The lowest BCUT2D eigenvalue weighted by atomic mass is 10.0. The topological polar surface area (TPSA) is 7.65 Å². The van der Waals surface area contributed by atoms with E-state index in [-0.39, 0.29) is 0 Å². The van der Waals surface area contributed by atoms with E-state index in [4.69, 9.17) is 0 Å². The Balaban J connectivity index is 1.74. The van der Waals surface area contributed by atoms with Gasteiger partial charge in [-0.15, -0.1) is 0 Å². The third-order valence-electron chi connectivity index (χ3n) is 5.36. The first kappa shape index (κ1) is 18.0. The summed E-state index contributed by atoms with van der Waals surface area (Å²) in [6.45, 7) is 4.43. The van der Waals surface area contributed by atoms with Crippen LogP contribution in [0.15, 0.2) is 128 Å². The van der Waals surface area contributed by atoms with Crippen molar-refractivity contribution < 1.29 is 0 Å². The van der Waals surface area contributed by atoms with E-state index >= 15 is 0 Å². The second-order valence-electron chi connectivity index (χ2n) is 7.22. The first-order chi connectivity index (χ1) is 14.8. The maximum absolute atomic E-state index is 4.43. The SMILES string of the molecule is C=C(c1ccccc1)c1cc(N(c2ccccc2)c2ccccc2)n2ccccc12. The molecule has 2 aromatic heterocycles. The molecule has 3 aromatic carbocycles. The van der Waals surface area contributed by atoms with Crippen LogP contribution in [0.4, 0.5) is 17.2 Å². The van der Waals surface area contributed by atoms with Crippen LogP contribution in [-0.2, 0) is 0 Å². The Morgan fingerprint density at radius 1 is 0.633 bits per heavy atom. The molecule has 0 fully saturated rings. The van der Waals surface area contributed by atoms with Gasteiger partial charge in [0.15, 0.2) is 0 Å². The summed E-state index contributed by atoms with van der Waals surface area (Å²) in [4.78, 5) is 2.29. The first-order valence-corrected chi connectivity index (χ1v) is 10.1. The number of aromatic nitrogens is 1. The molecule has 2 heteroatoms. The minimum absolute atomic E-state index is 1.02. The Hall–Kier alpha value is -4.04. The predicted octanol–water partition coefficient (Wildman–Crippen LogP) is 7.47. The molecule has 5 rings (SSSR count). The number of rotatable bonds is 5. The van der Waals surface area contributed by atoms with Crippen molar-refractivity contribution in [1.82, 2.24) is 4.40 Å². The number of benzene rings is 3. The molecular weight excluding hydrogens is 364 g/mol. The third-order valence-corrected chi connectivity index (χ3v) is 5.36. The molecule has 5 aromatic rings. The molecule has 0 atom stereocenters. The Morgan fingerprint density at radius 3 is 1.77 bits per heavy atom. The molecule has 2 heterocycles. The number of hydrogen-bond donors (Lipinski definition) is 0. The summed E-state index contributed by atoms with van der Waals surface area (Å²) in [6, 6.07) is 39.9. The fourth-order valence-electron chi connectivity index (χ4n) is 3.91. The van der Waals surface area contributed by atoms with Gasteiger partial charge in [0.05, 0.1) is 5.52 Å². The molecule has 0 radical (unpaired) electrons. The van der Waals surface area contributed by atoms with Gasteiger partial charge >= 0.3 is 0 Å². The molecule has 2 nitrogen and oxygen atoms in total. The summed E-state index contributed by atoms with van der Waals surface area (Å²) >= 11 is 0. The maximum atomic E-state index is 4.43. The summed E-state index contributed by atoms with van der Waals surface area (Å²) in [5, 5.41) is 0. The fourth-order valence-corrected chi connectivity index (χ4v) is 3.91. The highest BCUT2D eigenvalue weighted by atomic mass is 15.2. The van der Waals surface area contributed by atoms with Gasteiger partial charge in [0, 0.05) is 23.1 Å². The van der Waals surface area contributed by atoms with Crippen LogP contribution >= 0.6 is 0 Å². The van der Waals surface area contributed by atoms with Gasteiger partial charge in [0.2, 0.25) is 0 Å². The van der Waals surface area contributed by atoms with E-state index < -0.39 is 0 Å². The Kier molecular flexibility index (Phi) is 4.66. The molecular formula is C28H22N2. The van der Waals surface area contributed by atoms with Crippen LogP contribution in [0.5, 0.6) is 0 Å². The summed E-state index contributed by atoms with van der Waals surface area (Å²) in [7, 11) is 0. The first-order valence-electron chi connectivity index (χ1n) is 10.1. The van der Waals surface area contributed by atoms with Crippen LogP contribution < -0.4 is 4.90 Å². The lowest BCUT2D eigenvalue weighted by molar-refractivity contribution is 1.12. The van der Waals surface area contributed by atoms with Crippen molar-refractivity contribution in [2.24, 2.45) is 0 Å². The van der Waals surface area contributed by atoms with Crippen LogP contribution in [-0.4, -0.2) is 4.40 Å². The highest BCUT2D eigenvalue weighted by Crippen LogP contribution is 2.39. The number of hydrogen-bond acceptors (Lipinski definition) is 1. The van der Waals surface area contributed by atoms with Crippen molar-refractivity contribution in [1.29, 1.82) is 0 Å². The molecule has 0 bridgehead atoms. The number of para-hydroxylation sites is 2. The molecule has 30 heavy (non-hydrogen) atoms. The van der Waals surface area contributed by atoms with Gasteiger partial charge in [0.1, 0.15) is 5.82 Å². The van der Waals surface area contributed by atoms with Gasteiger partial charge in [-0.3, -0.25) is 4.90 Å². The molecule has 0 aliphatic rings. The summed E-state index contributed by atoms with van der Waals surface area (Å²) in [5.74, 6) is 1.08. The molecule has 144 valence electrons. The van der Waals surface area contributed by atoms with Gasteiger partial charge < -0.3 is 4.40 Å². The smallest absolute Gasteiger partial charge is 0.122 e. The van der Waals surface area contributed by atoms with E-state index in [1.807, 2.05) is 18.2 Å². The number of pyridine rings is 1. The van der Waals surface area contributed by atoms with E-state index in [0.717, 1.165) is 39.4 Å². The van der Waals surface area contributed by atoms with E-state index in [2.05, 4.69) is 119 Å². The lowest BCUT2D eigenvalue weighted by Gasteiger charge is -2.24. The average Bonchev–Trinajstić information content (AvgIpc) is 3.20. The zero-order valence-corrected chi connectivity index (χ0v) is 16.6. The molecule has 0 aliphatic heterocycles. The molecule has 0 saturated carbocycles. The highest BCUT2D eigenvalue weighted by Gasteiger charge is 2.19. The minimum atomic E-state index is 1.02. The van der Waals surface area contributed by atoms with E-state index in [9.17, 15) is 0 Å². The number of anilines is 3. The van der Waals surface area contributed by atoms with E-state index in [1.165, 1.54) is 0 Å². The maximum Gasteiger partial charge on any atom is 0.122 e. The van der Waals surface area contributed by atoms with Gasteiger partial charge in [0.25, 0.3) is 0 Å². The van der Waals surface area contributed by atoms with Crippen molar-refractivity contribution in [3.8, 4) is 0 Å². The summed E-state index contributed by atoms with van der Waals surface area (Å²) < 4.78 is 2.24. The quantitative estimate of drug-likeness (QED) is 0.304. The lowest BCUT2D eigenvalue weighted by Crippen LogP contribution is -2.11. The Labute approximate surface area is 177 Å². The second-order valence-corrected chi connectivity index (χ2v) is 7.22. The largest absolute Gasteiger partial charge is 0.302 e. The van der Waals surface area contributed by atoms with Gasteiger partial charge in [-0.1, -0.05) is 79.4 Å². The van der Waals surface area contributed by atoms with Crippen molar-refractivity contribution in [2.45, 2.75) is 0 Å². The summed E-state index contributed by atoms with van der Waals surface area (Å²) in [5.41, 5.74) is 6.65. The molecule has 0 N–H and O–H groups in total. The summed E-state index contributed by atoms with van der Waals surface area (Å²) in [6.07, 6.45) is 2.12. The molecule has 0 unspecified atom stereocenters. The van der Waals surface area contributed by atoms with E-state index in [1.54, 1.807) is 0 Å². The zero-order valence-electron chi connectivity index (χ0n) is 16.6. The minimum Gasteiger partial charge on any atom is -0.302 e. The van der Waals surface area contributed by atoms with Crippen LogP contribution in [0.2, 0.25) is 0 Å². The number of fused-ring (bicyclic) bond motifs is 1. The van der Waals surface area contributed by atoms with Crippen LogP contribution in [0.25, 0.3) is 11.1 Å². The normalized spacial score (nSPS) is 10.8. The molecule has 0 amide bonds. The third kappa shape index (κ3) is 3.19. The number of nitrogens with zero attached hydrogens (tertiary/aromatic N) is 2. The van der Waals surface area contributed by atoms with Crippen molar-refractivity contribution in [3.63, 3.8) is 0 Å².